The standard InChI is InChI=1S/C24H23N3O2S/c1-18-16-22(23-8-5-15-30-23)26-27(18)14-13-25-24(28)17-29-21-11-9-20(10-12-21)19-6-3-2-4-7-19/h2-12,15-16H,13-14,17H2,1H3,(H,25,28). The van der Waals surface area contributed by atoms with Crippen molar-refractivity contribution in [1.82, 2.24) is 15.1 Å². The SMILES string of the molecule is Cc1cc(-c2cccs2)nn1CCNC(=O)COc1ccc(-c2ccccc2)cc1. The van der Waals surface area contributed by atoms with Crippen LogP contribution in [0.5, 0.6) is 5.75 Å². The van der Waals surface area contributed by atoms with Crippen LogP contribution in [0.4, 0.5) is 0 Å². The Bertz CT molecular complexity index is 1090. The lowest BCUT2D eigenvalue weighted by atomic mass is 10.1. The molecule has 0 saturated carbocycles. The minimum Gasteiger partial charge on any atom is -0.484 e. The van der Waals surface area contributed by atoms with Crippen molar-refractivity contribution in [2.24, 2.45) is 0 Å². The zero-order chi connectivity index (χ0) is 20.8. The zero-order valence-corrected chi connectivity index (χ0v) is 17.6. The smallest absolute Gasteiger partial charge is 0.258 e. The van der Waals surface area contributed by atoms with E-state index in [0.717, 1.165) is 27.4 Å². The van der Waals surface area contributed by atoms with Crippen LogP contribution in [0.2, 0.25) is 0 Å². The van der Waals surface area contributed by atoms with Crippen molar-refractivity contribution in [2.45, 2.75) is 13.5 Å². The fraction of sp³-hybridized carbons (Fsp3) is 0.167. The molecular weight excluding hydrogens is 394 g/mol. The van der Waals surface area contributed by atoms with Gasteiger partial charge in [-0.2, -0.15) is 5.10 Å². The first kappa shape index (κ1) is 19.9. The molecule has 2 heterocycles. The Hall–Kier alpha value is -3.38. The molecule has 0 spiro atoms. The van der Waals surface area contributed by atoms with Crippen molar-refractivity contribution in [1.29, 1.82) is 0 Å². The highest BCUT2D eigenvalue weighted by Crippen LogP contribution is 2.24. The van der Waals surface area contributed by atoms with E-state index in [1.165, 1.54) is 0 Å². The first-order chi connectivity index (χ1) is 14.7. The minimum atomic E-state index is -0.148. The number of ether oxygens (including phenoxy) is 1. The van der Waals surface area contributed by atoms with Crippen molar-refractivity contribution < 1.29 is 9.53 Å². The molecule has 0 fully saturated rings. The van der Waals surface area contributed by atoms with Gasteiger partial charge in [0.2, 0.25) is 0 Å². The number of hydrogen-bond acceptors (Lipinski definition) is 4. The van der Waals surface area contributed by atoms with Crippen molar-refractivity contribution in [3.63, 3.8) is 0 Å². The number of hydrogen-bond donors (Lipinski definition) is 1. The molecule has 0 radical (unpaired) electrons. The molecule has 0 unspecified atom stereocenters. The van der Waals surface area contributed by atoms with Crippen molar-refractivity contribution >= 4 is 17.2 Å². The van der Waals surface area contributed by atoms with Crippen LogP contribution >= 0.6 is 11.3 Å². The second-order valence-electron chi connectivity index (χ2n) is 6.90. The van der Waals surface area contributed by atoms with Gasteiger partial charge in [-0.05, 0) is 47.7 Å². The van der Waals surface area contributed by atoms with Gasteiger partial charge in [-0.1, -0.05) is 48.5 Å². The summed E-state index contributed by atoms with van der Waals surface area (Å²) in [6, 6.07) is 24.0. The van der Waals surface area contributed by atoms with Gasteiger partial charge in [0, 0.05) is 12.2 Å². The Morgan fingerprint density at radius 2 is 1.80 bits per heavy atom. The van der Waals surface area contributed by atoms with Crippen molar-refractivity contribution in [3.05, 3.63) is 83.9 Å². The molecule has 2 aromatic heterocycles. The van der Waals surface area contributed by atoms with Gasteiger partial charge in [0.1, 0.15) is 11.4 Å². The Balaban J connectivity index is 1.23. The van der Waals surface area contributed by atoms with Crippen LogP contribution in [-0.2, 0) is 11.3 Å². The monoisotopic (exact) mass is 417 g/mol. The lowest BCUT2D eigenvalue weighted by molar-refractivity contribution is -0.123. The Labute approximate surface area is 179 Å². The summed E-state index contributed by atoms with van der Waals surface area (Å²) in [5.41, 5.74) is 4.31. The summed E-state index contributed by atoms with van der Waals surface area (Å²) in [5, 5.41) is 9.55. The average Bonchev–Trinajstić information content (AvgIpc) is 3.44. The first-order valence-electron chi connectivity index (χ1n) is 9.82. The van der Waals surface area contributed by atoms with Gasteiger partial charge < -0.3 is 10.1 Å². The quantitative estimate of drug-likeness (QED) is 0.449. The summed E-state index contributed by atoms with van der Waals surface area (Å²) in [7, 11) is 0. The van der Waals surface area contributed by atoms with Crippen molar-refractivity contribution in [3.8, 4) is 27.4 Å². The third-order valence-corrected chi connectivity index (χ3v) is 5.62. The van der Waals surface area contributed by atoms with Crippen LogP contribution in [0.3, 0.4) is 0 Å². The molecule has 0 aliphatic heterocycles. The molecule has 4 rings (SSSR count). The fourth-order valence-electron chi connectivity index (χ4n) is 3.16. The van der Waals surface area contributed by atoms with E-state index in [4.69, 9.17) is 4.74 Å². The molecule has 0 atom stereocenters. The Morgan fingerprint density at radius 1 is 1.03 bits per heavy atom. The predicted molar refractivity (Wildman–Crippen MR) is 121 cm³/mol. The maximum absolute atomic E-state index is 12.1. The lowest BCUT2D eigenvalue weighted by Crippen LogP contribution is -2.31. The summed E-state index contributed by atoms with van der Waals surface area (Å²) < 4.78 is 7.52. The molecule has 5 nitrogen and oxygen atoms in total. The van der Waals surface area contributed by atoms with Gasteiger partial charge in [-0.25, -0.2) is 0 Å². The maximum Gasteiger partial charge on any atom is 0.258 e. The highest BCUT2D eigenvalue weighted by atomic mass is 32.1. The van der Waals surface area contributed by atoms with Crippen LogP contribution in [0.15, 0.2) is 78.2 Å². The molecule has 152 valence electrons. The Morgan fingerprint density at radius 3 is 2.53 bits per heavy atom. The van der Waals surface area contributed by atoms with Crippen LogP contribution in [0.1, 0.15) is 5.69 Å². The average molecular weight is 418 g/mol. The summed E-state index contributed by atoms with van der Waals surface area (Å²) >= 11 is 1.67. The van der Waals surface area contributed by atoms with Gasteiger partial charge in [-0.15, -0.1) is 11.3 Å². The topological polar surface area (TPSA) is 56.2 Å². The molecule has 0 aliphatic carbocycles. The number of nitrogens with zero attached hydrogens (tertiary/aromatic N) is 2. The number of aromatic nitrogens is 2. The summed E-state index contributed by atoms with van der Waals surface area (Å²) in [6.07, 6.45) is 0. The number of amides is 1. The predicted octanol–water partition coefficient (Wildman–Crippen LogP) is 4.78. The number of rotatable bonds is 8. The molecule has 6 heteroatoms. The number of carbonyl (C=O) groups is 1. The summed E-state index contributed by atoms with van der Waals surface area (Å²) in [6.45, 7) is 3.13. The van der Waals surface area contributed by atoms with E-state index < -0.39 is 0 Å². The van der Waals surface area contributed by atoms with Crippen LogP contribution in [-0.4, -0.2) is 28.8 Å². The number of aryl methyl sites for hydroxylation is 1. The van der Waals surface area contributed by atoms with Gasteiger partial charge >= 0.3 is 0 Å². The molecule has 1 N–H and O–H groups in total. The maximum atomic E-state index is 12.1. The van der Waals surface area contributed by atoms with Crippen LogP contribution in [0, 0.1) is 6.92 Å². The van der Waals surface area contributed by atoms with E-state index >= 15 is 0 Å². The third kappa shape index (κ3) is 4.96. The van der Waals surface area contributed by atoms with E-state index in [9.17, 15) is 4.79 Å². The highest BCUT2D eigenvalue weighted by molar-refractivity contribution is 7.13. The molecule has 0 saturated heterocycles. The molecule has 0 bridgehead atoms. The summed E-state index contributed by atoms with van der Waals surface area (Å²) in [4.78, 5) is 13.3. The largest absolute Gasteiger partial charge is 0.484 e. The molecule has 1 amide bonds. The first-order valence-corrected chi connectivity index (χ1v) is 10.7. The van der Waals surface area contributed by atoms with Gasteiger partial charge in [0.25, 0.3) is 5.91 Å². The molecule has 2 aromatic carbocycles. The number of thiophene rings is 1. The van der Waals surface area contributed by atoms with Gasteiger partial charge in [0.15, 0.2) is 6.61 Å². The van der Waals surface area contributed by atoms with E-state index in [1.54, 1.807) is 11.3 Å². The number of carbonyl (C=O) groups excluding carboxylic acids is 1. The number of nitrogens with one attached hydrogen (secondary N) is 1. The molecule has 4 aromatic rings. The van der Waals surface area contributed by atoms with Crippen molar-refractivity contribution in [2.75, 3.05) is 13.2 Å². The van der Waals surface area contributed by atoms with E-state index in [-0.39, 0.29) is 12.5 Å². The Kier molecular flexibility index (Phi) is 6.25. The second kappa shape index (κ2) is 9.41. The fourth-order valence-corrected chi connectivity index (χ4v) is 3.84. The van der Waals surface area contributed by atoms with Gasteiger partial charge in [0.05, 0.1) is 11.4 Å². The van der Waals surface area contributed by atoms with Crippen LogP contribution < -0.4 is 10.1 Å². The second-order valence-corrected chi connectivity index (χ2v) is 7.85. The molecule has 0 aliphatic rings. The lowest BCUT2D eigenvalue weighted by Gasteiger charge is -2.09. The molecule has 30 heavy (non-hydrogen) atoms. The van der Waals surface area contributed by atoms with Crippen LogP contribution in [0.25, 0.3) is 21.7 Å². The molecular formula is C24H23N3O2S. The number of benzene rings is 2. The van der Waals surface area contributed by atoms with E-state index in [0.29, 0.717) is 18.8 Å². The van der Waals surface area contributed by atoms with Gasteiger partial charge in [-0.3, -0.25) is 9.48 Å². The summed E-state index contributed by atoms with van der Waals surface area (Å²) in [5.74, 6) is 0.527. The third-order valence-electron chi connectivity index (χ3n) is 4.73. The van der Waals surface area contributed by atoms with E-state index in [1.807, 2.05) is 65.5 Å². The zero-order valence-electron chi connectivity index (χ0n) is 16.7. The minimum absolute atomic E-state index is 0.0107. The normalized spacial score (nSPS) is 10.7. The van der Waals surface area contributed by atoms with E-state index in [2.05, 4.69) is 34.7 Å². The highest BCUT2D eigenvalue weighted by Gasteiger charge is 2.08.